The highest BCUT2D eigenvalue weighted by molar-refractivity contribution is 6.30. The number of para-hydroxylation sites is 1. The number of nitrogens with two attached hydrogens (primary N) is 1. The van der Waals surface area contributed by atoms with E-state index in [2.05, 4.69) is 0 Å². The van der Waals surface area contributed by atoms with Gasteiger partial charge in [0.25, 0.3) is 0 Å². The number of halogens is 1. The van der Waals surface area contributed by atoms with Crippen LogP contribution in [0.1, 0.15) is 5.56 Å². The van der Waals surface area contributed by atoms with E-state index in [1.807, 2.05) is 24.3 Å². The predicted molar refractivity (Wildman–Crippen MR) is 73.2 cm³/mol. The molecule has 4 heteroatoms. The summed E-state index contributed by atoms with van der Waals surface area (Å²) in [6.07, 6.45) is 0. The first-order valence-electron chi connectivity index (χ1n) is 5.50. The third-order valence-corrected chi connectivity index (χ3v) is 2.79. The highest BCUT2D eigenvalue weighted by Crippen LogP contribution is 2.27. The second-order valence-electron chi connectivity index (χ2n) is 3.78. The minimum atomic E-state index is 0.383. The maximum Gasteiger partial charge on any atom is 0.144 e. The Morgan fingerprint density at radius 1 is 1.11 bits per heavy atom. The lowest BCUT2D eigenvalue weighted by Crippen LogP contribution is -2.00. The monoisotopic (exact) mass is 263 g/mol. The summed E-state index contributed by atoms with van der Waals surface area (Å²) >= 11 is 5.90. The van der Waals surface area contributed by atoms with Gasteiger partial charge in [0.1, 0.15) is 18.1 Å². The van der Waals surface area contributed by atoms with Gasteiger partial charge in [-0.1, -0.05) is 29.8 Å². The molecule has 0 unspecified atom stereocenters. The summed E-state index contributed by atoms with van der Waals surface area (Å²) in [6, 6.07) is 12.8. The fraction of sp³-hybridized carbons (Fsp3) is 0.143. The maximum atomic E-state index is 5.90. The van der Waals surface area contributed by atoms with Crippen LogP contribution < -0.4 is 15.2 Å². The van der Waals surface area contributed by atoms with Crippen molar-refractivity contribution in [3.8, 4) is 11.5 Å². The van der Waals surface area contributed by atoms with Crippen molar-refractivity contribution >= 4 is 17.3 Å². The van der Waals surface area contributed by atoms with E-state index in [9.17, 15) is 0 Å². The molecule has 0 atom stereocenters. The highest BCUT2D eigenvalue weighted by atomic mass is 35.5. The van der Waals surface area contributed by atoms with Gasteiger partial charge in [-0.15, -0.1) is 0 Å². The Morgan fingerprint density at radius 3 is 2.67 bits per heavy atom. The van der Waals surface area contributed by atoms with Crippen molar-refractivity contribution in [3.05, 3.63) is 53.1 Å². The van der Waals surface area contributed by atoms with Gasteiger partial charge < -0.3 is 15.2 Å². The number of rotatable bonds is 4. The van der Waals surface area contributed by atoms with Crippen LogP contribution in [-0.2, 0) is 6.61 Å². The number of hydrogen-bond acceptors (Lipinski definition) is 3. The van der Waals surface area contributed by atoms with E-state index < -0.39 is 0 Å². The molecule has 0 fully saturated rings. The van der Waals surface area contributed by atoms with Crippen LogP contribution >= 0.6 is 11.6 Å². The first-order chi connectivity index (χ1) is 8.70. The van der Waals surface area contributed by atoms with E-state index in [0.29, 0.717) is 23.1 Å². The van der Waals surface area contributed by atoms with Gasteiger partial charge in [-0.3, -0.25) is 0 Å². The van der Waals surface area contributed by atoms with Crippen molar-refractivity contribution in [2.45, 2.75) is 6.61 Å². The number of benzene rings is 2. The van der Waals surface area contributed by atoms with Gasteiger partial charge in [-0.2, -0.15) is 0 Å². The number of ether oxygens (including phenoxy) is 2. The summed E-state index contributed by atoms with van der Waals surface area (Å²) in [5.41, 5.74) is 7.33. The average Bonchev–Trinajstić information content (AvgIpc) is 2.40. The zero-order valence-corrected chi connectivity index (χ0v) is 10.8. The summed E-state index contributed by atoms with van der Waals surface area (Å²) in [4.78, 5) is 0. The summed E-state index contributed by atoms with van der Waals surface area (Å²) in [5, 5.41) is 0.597. The zero-order valence-electron chi connectivity index (χ0n) is 10.0. The molecule has 0 radical (unpaired) electrons. The lowest BCUT2D eigenvalue weighted by molar-refractivity contribution is 0.298. The molecular weight excluding hydrogens is 250 g/mol. The van der Waals surface area contributed by atoms with Crippen molar-refractivity contribution < 1.29 is 9.47 Å². The van der Waals surface area contributed by atoms with Gasteiger partial charge in [0.15, 0.2) is 0 Å². The Hall–Kier alpha value is -1.87. The topological polar surface area (TPSA) is 44.5 Å². The summed E-state index contributed by atoms with van der Waals surface area (Å²) in [5.74, 6) is 1.37. The Balaban J connectivity index is 2.14. The van der Waals surface area contributed by atoms with Crippen LogP contribution in [-0.4, -0.2) is 7.11 Å². The minimum Gasteiger partial charge on any atom is -0.496 e. The molecule has 94 valence electrons. The molecule has 3 nitrogen and oxygen atoms in total. The standard InChI is InChI=1S/C14H14ClNO2/c1-17-13-5-3-2-4-10(13)9-18-14-8-11(15)6-7-12(14)16/h2-8H,9,16H2,1H3. The van der Waals surface area contributed by atoms with Crippen molar-refractivity contribution in [1.29, 1.82) is 0 Å². The predicted octanol–water partition coefficient (Wildman–Crippen LogP) is 3.51. The van der Waals surface area contributed by atoms with Gasteiger partial charge in [-0.05, 0) is 18.2 Å². The third-order valence-electron chi connectivity index (χ3n) is 2.55. The average molecular weight is 264 g/mol. The molecule has 0 aliphatic heterocycles. The van der Waals surface area contributed by atoms with Crippen LogP contribution in [0.4, 0.5) is 5.69 Å². The summed E-state index contributed by atoms with van der Waals surface area (Å²) in [7, 11) is 1.63. The Kier molecular flexibility index (Phi) is 3.95. The van der Waals surface area contributed by atoms with Gasteiger partial charge in [0.2, 0.25) is 0 Å². The van der Waals surface area contributed by atoms with Crippen LogP contribution in [0.25, 0.3) is 0 Å². The van der Waals surface area contributed by atoms with E-state index in [0.717, 1.165) is 11.3 Å². The van der Waals surface area contributed by atoms with Crippen molar-refractivity contribution in [2.75, 3.05) is 12.8 Å². The van der Waals surface area contributed by atoms with Crippen LogP contribution in [0.2, 0.25) is 5.02 Å². The van der Waals surface area contributed by atoms with E-state index >= 15 is 0 Å². The largest absolute Gasteiger partial charge is 0.496 e. The molecule has 2 aromatic carbocycles. The molecular formula is C14H14ClNO2. The van der Waals surface area contributed by atoms with E-state index in [4.69, 9.17) is 26.8 Å². The first kappa shape index (κ1) is 12.6. The second kappa shape index (κ2) is 5.65. The smallest absolute Gasteiger partial charge is 0.144 e. The molecule has 2 N–H and O–H groups in total. The van der Waals surface area contributed by atoms with Crippen molar-refractivity contribution in [1.82, 2.24) is 0 Å². The van der Waals surface area contributed by atoms with Crippen molar-refractivity contribution in [3.63, 3.8) is 0 Å². The number of anilines is 1. The van der Waals surface area contributed by atoms with Crippen LogP contribution in [0, 0.1) is 0 Å². The fourth-order valence-corrected chi connectivity index (χ4v) is 1.77. The Labute approximate surface area is 111 Å². The maximum absolute atomic E-state index is 5.90. The molecule has 0 aromatic heterocycles. The second-order valence-corrected chi connectivity index (χ2v) is 4.22. The lowest BCUT2D eigenvalue weighted by Gasteiger charge is -2.11. The van der Waals surface area contributed by atoms with Gasteiger partial charge >= 0.3 is 0 Å². The van der Waals surface area contributed by atoms with Gasteiger partial charge in [0.05, 0.1) is 12.8 Å². The zero-order chi connectivity index (χ0) is 13.0. The molecule has 0 aliphatic rings. The molecule has 0 heterocycles. The van der Waals surface area contributed by atoms with Crippen molar-refractivity contribution in [2.24, 2.45) is 0 Å². The third kappa shape index (κ3) is 2.87. The quantitative estimate of drug-likeness (QED) is 0.859. The summed E-state index contributed by atoms with van der Waals surface area (Å²) in [6.45, 7) is 0.383. The number of hydrogen-bond donors (Lipinski definition) is 1. The lowest BCUT2D eigenvalue weighted by atomic mass is 10.2. The number of nitrogen functional groups attached to an aromatic ring is 1. The highest BCUT2D eigenvalue weighted by Gasteiger charge is 2.05. The SMILES string of the molecule is COc1ccccc1COc1cc(Cl)ccc1N. The van der Waals surface area contributed by atoms with E-state index in [-0.39, 0.29) is 0 Å². The summed E-state index contributed by atoms with van der Waals surface area (Å²) < 4.78 is 10.9. The fourth-order valence-electron chi connectivity index (χ4n) is 1.61. The van der Waals surface area contributed by atoms with Gasteiger partial charge in [0, 0.05) is 16.7 Å². The molecule has 0 aliphatic carbocycles. The Morgan fingerprint density at radius 2 is 1.89 bits per heavy atom. The Bertz CT molecular complexity index is 543. The molecule has 0 bridgehead atoms. The molecule has 0 saturated heterocycles. The van der Waals surface area contributed by atoms with Crippen LogP contribution in [0.5, 0.6) is 11.5 Å². The molecule has 18 heavy (non-hydrogen) atoms. The van der Waals surface area contributed by atoms with Gasteiger partial charge in [-0.25, -0.2) is 0 Å². The minimum absolute atomic E-state index is 0.383. The van der Waals surface area contributed by atoms with E-state index in [1.165, 1.54) is 0 Å². The molecule has 0 spiro atoms. The number of methoxy groups -OCH3 is 1. The normalized spacial score (nSPS) is 10.1. The van der Waals surface area contributed by atoms with E-state index in [1.54, 1.807) is 25.3 Å². The molecule has 2 rings (SSSR count). The molecule has 0 amide bonds. The molecule has 2 aromatic rings. The molecule has 0 saturated carbocycles. The first-order valence-corrected chi connectivity index (χ1v) is 5.88. The van der Waals surface area contributed by atoms with Crippen LogP contribution in [0.15, 0.2) is 42.5 Å². The van der Waals surface area contributed by atoms with Crippen LogP contribution in [0.3, 0.4) is 0 Å².